The molecule has 0 radical (unpaired) electrons. The first kappa shape index (κ1) is 12.7. The third-order valence-electron chi connectivity index (χ3n) is 2.24. The zero-order valence-electron chi connectivity index (χ0n) is 9.04. The van der Waals surface area contributed by atoms with Crippen LogP contribution in [0.4, 0.5) is 0 Å². The molecule has 0 atom stereocenters. The fourth-order valence-electron chi connectivity index (χ4n) is 1.46. The summed E-state index contributed by atoms with van der Waals surface area (Å²) in [5.41, 5.74) is 1.33. The molecular formula is C12H9BrClNOS. The van der Waals surface area contributed by atoms with E-state index < -0.39 is 0 Å². The van der Waals surface area contributed by atoms with Crippen LogP contribution in [0.15, 0.2) is 28.1 Å². The molecule has 2 rings (SSSR count). The molecule has 0 spiro atoms. The predicted molar refractivity (Wildman–Crippen MR) is 74.0 cm³/mol. The summed E-state index contributed by atoms with van der Waals surface area (Å²) in [6, 6.07) is 5.27. The van der Waals surface area contributed by atoms with Crippen LogP contribution in [-0.2, 0) is 6.42 Å². The van der Waals surface area contributed by atoms with Crippen molar-refractivity contribution in [3.05, 3.63) is 49.3 Å². The number of aryl methyl sites for hydroxylation is 1. The molecule has 17 heavy (non-hydrogen) atoms. The van der Waals surface area contributed by atoms with Crippen LogP contribution in [0.5, 0.6) is 0 Å². The lowest BCUT2D eigenvalue weighted by Gasteiger charge is -2.02. The number of halogens is 2. The van der Waals surface area contributed by atoms with Crippen molar-refractivity contribution >= 4 is 44.7 Å². The van der Waals surface area contributed by atoms with Crippen LogP contribution in [0.3, 0.4) is 0 Å². The minimum atomic E-state index is -0.0124. The van der Waals surface area contributed by atoms with Crippen LogP contribution in [0.2, 0.25) is 5.02 Å². The summed E-state index contributed by atoms with van der Waals surface area (Å²) in [4.78, 5) is 16.3. The molecule has 0 amide bonds. The number of benzene rings is 1. The lowest BCUT2D eigenvalue weighted by molar-refractivity contribution is 0.0992. The summed E-state index contributed by atoms with van der Waals surface area (Å²) in [5.74, 6) is -0.0124. The Morgan fingerprint density at radius 2 is 2.29 bits per heavy atom. The number of hydrogen-bond donors (Lipinski definition) is 0. The van der Waals surface area contributed by atoms with Gasteiger partial charge >= 0.3 is 0 Å². The van der Waals surface area contributed by atoms with E-state index >= 15 is 0 Å². The van der Waals surface area contributed by atoms with Gasteiger partial charge in [-0.25, -0.2) is 4.98 Å². The average molecular weight is 331 g/mol. The Morgan fingerprint density at radius 3 is 2.94 bits per heavy atom. The van der Waals surface area contributed by atoms with E-state index in [2.05, 4.69) is 20.9 Å². The summed E-state index contributed by atoms with van der Waals surface area (Å²) in [5, 5.41) is 3.34. The zero-order chi connectivity index (χ0) is 12.4. The zero-order valence-corrected chi connectivity index (χ0v) is 12.2. The monoisotopic (exact) mass is 329 g/mol. The van der Waals surface area contributed by atoms with Crippen molar-refractivity contribution < 1.29 is 4.79 Å². The van der Waals surface area contributed by atoms with Gasteiger partial charge in [-0.05, 0) is 25.1 Å². The first-order chi connectivity index (χ1) is 8.06. The SMILES string of the molecule is Cc1nc(CC(=O)c2cc(Br)ccc2Cl)cs1. The lowest BCUT2D eigenvalue weighted by atomic mass is 10.1. The van der Waals surface area contributed by atoms with Crippen molar-refractivity contribution in [3.63, 3.8) is 0 Å². The van der Waals surface area contributed by atoms with Crippen LogP contribution < -0.4 is 0 Å². The molecule has 0 unspecified atom stereocenters. The number of aromatic nitrogens is 1. The molecule has 88 valence electrons. The summed E-state index contributed by atoms with van der Waals surface area (Å²) in [6.07, 6.45) is 0.292. The molecule has 2 aromatic rings. The standard InChI is InChI=1S/C12H9BrClNOS/c1-7-15-9(6-17-7)5-12(16)10-4-8(13)2-3-11(10)14/h2-4,6H,5H2,1H3. The van der Waals surface area contributed by atoms with Crippen molar-refractivity contribution in [1.82, 2.24) is 4.98 Å². The average Bonchev–Trinajstić information content (AvgIpc) is 2.67. The Balaban J connectivity index is 2.22. The number of Topliss-reactive ketones (excluding diaryl/α,β-unsaturated/α-hetero) is 1. The summed E-state index contributed by atoms with van der Waals surface area (Å²) in [7, 11) is 0. The van der Waals surface area contributed by atoms with E-state index in [4.69, 9.17) is 11.6 Å². The van der Waals surface area contributed by atoms with Gasteiger partial charge in [-0.2, -0.15) is 0 Å². The second-order valence-corrected chi connectivity index (χ2v) is 5.97. The van der Waals surface area contributed by atoms with Crippen molar-refractivity contribution in [2.45, 2.75) is 13.3 Å². The molecule has 0 N–H and O–H groups in total. The molecule has 2 nitrogen and oxygen atoms in total. The molecule has 0 aliphatic carbocycles. The number of rotatable bonds is 3. The second-order valence-electron chi connectivity index (χ2n) is 3.58. The van der Waals surface area contributed by atoms with Crippen LogP contribution in [0.25, 0.3) is 0 Å². The highest BCUT2D eigenvalue weighted by Crippen LogP contribution is 2.22. The third kappa shape index (κ3) is 3.15. The van der Waals surface area contributed by atoms with Gasteiger partial charge in [-0.15, -0.1) is 11.3 Å². The Hall–Kier alpha value is -0.710. The number of carbonyl (C=O) groups is 1. The normalized spacial score (nSPS) is 10.5. The minimum absolute atomic E-state index is 0.0124. The number of ketones is 1. The van der Waals surface area contributed by atoms with Crippen LogP contribution in [0, 0.1) is 6.92 Å². The Labute approximate surface area is 117 Å². The highest BCUT2D eigenvalue weighted by atomic mass is 79.9. The number of carbonyl (C=O) groups excluding carboxylic acids is 1. The third-order valence-corrected chi connectivity index (χ3v) is 3.88. The number of thiazole rings is 1. The molecule has 0 bridgehead atoms. The van der Waals surface area contributed by atoms with Crippen LogP contribution in [-0.4, -0.2) is 10.8 Å². The molecule has 5 heteroatoms. The van der Waals surface area contributed by atoms with Crippen molar-refractivity contribution in [2.75, 3.05) is 0 Å². The molecule has 0 saturated heterocycles. The number of nitrogens with zero attached hydrogens (tertiary/aromatic N) is 1. The summed E-state index contributed by atoms with van der Waals surface area (Å²) in [6.45, 7) is 1.92. The van der Waals surface area contributed by atoms with Gasteiger partial charge in [-0.1, -0.05) is 27.5 Å². The molecule has 1 heterocycles. The predicted octanol–water partition coefficient (Wildman–Crippen LogP) is 4.29. The topological polar surface area (TPSA) is 30.0 Å². The van der Waals surface area contributed by atoms with Gasteiger partial charge in [0, 0.05) is 15.4 Å². The van der Waals surface area contributed by atoms with E-state index in [0.29, 0.717) is 17.0 Å². The van der Waals surface area contributed by atoms with Crippen molar-refractivity contribution in [1.29, 1.82) is 0 Å². The molecule has 0 fully saturated rings. The maximum absolute atomic E-state index is 12.1. The van der Waals surface area contributed by atoms with E-state index in [1.54, 1.807) is 23.5 Å². The van der Waals surface area contributed by atoms with E-state index in [9.17, 15) is 4.79 Å². The van der Waals surface area contributed by atoms with Crippen molar-refractivity contribution in [3.8, 4) is 0 Å². The van der Waals surface area contributed by atoms with E-state index in [-0.39, 0.29) is 5.78 Å². The smallest absolute Gasteiger partial charge is 0.170 e. The van der Waals surface area contributed by atoms with E-state index in [1.165, 1.54) is 0 Å². The van der Waals surface area contributed by atoms with Crippen LogP contribution >= 0.6 is 38.9 Å². The highest BCUT2D eigenvalue weighted by molar-refractivity contribution is 9.10. The van der Waals surface area contributed by atoms with Gasteiger partial charge in [0.25, 0.3) is 0 Å². The van der Waals surface area contributed by atoms with Gasteiger partial charge in [0.05, 0.1) is 22.1 Å². The lowest BCUT2D eigenvalue weighted by Crippen LogP contribution is -2.04. The molecule has 0 saturated carbocycles. The maximum Gasteiger partial charge on any atom is 0.170 e. The van der Waals surface area contributed by atoms with Gasteiger partial charge in [0.1, 0.15) is 0 Å². The molecule has 1 aromatic heterocycles. The first-order valence-corrected chi connectivity index (χ1v) is 7.00. The molecular weight excluding hydrogens is 322 g/mol. The summed E-state index contributed by atoms with van der Waals surface area (Å²) >= 11 is 10.9. The Bertz CT molecular complexity index is 567. The highest BCUT2D eigenvalue weighted by Gasteiger charge is 2.13. The van der Waals surface area contributed by atoms with Gasteiger partial charge < -0.3 is 0 Å². The quantitative estimate of drug-likeness (QED) is 0.786. The first-order valence-electron chi connectivity index (χ1n) is 4.95. The summed E-state index contributed by atoms with van der Waals surface area (Å²) < 4.78 is 0.847. The van der Waals surface area contributed by atoms with Gasteiger partial charge in [0.15, 0.2) is 5.78 Å². The fraction of sp³-hybridized carbons (Fsp3) is 0.167. The van der Waals surface area contributed by atoms with Crippen LogP contribution in [0.1, 0.15) is 21.1 Å². The second kappa shape index (κ2) is 5.29. The van der Waals surface area contributed by atoms with Crippen molar-refractivity contribution in [2.24, 2.45) is 0 Å². The fourth-order valence-corrected chi connectivity index (χ4v) is 2.66. The van der Waals surface area contributed by atoms with Gasteiger partial charge in [0.2, 0.25) is 0 Å². The molecule has 1 aromatic carbocycles. The molecule has 0 aliphatic rings. The Morgan fingerprint density at radius 1 is 1.53 bits per heavy atom. The maximum atomic E-state index is 12.1. The Kier molecular flexibility index (Phi) is 3.97. The number of hydrogen-bond acceptors (Lipinski definition) is 3. The van der Waals surface area contributed by atoms with E-state index in [1.807, 2.05) is 18.4 Å². The van der Waals surface area contributed by atoms with E-state index in [0.717, 1.165) is 15.2 Å². The molecule has 0 aliphatic heterocycles. The van der Waals surface area contributed by atoms with Gasteiger partial charge in [-0.3, -0.25) is 4.79 Å². The minimum Gasteiger partial charge on any atom is -0.294 e. The largest absolute Gasteiger partial charge is 0.294 e.